The summed E-state index contributed by atoms with van der Waals surface area (Å²) >= 11 is 0. The molecule has 0 rings (SSSR count). The Morgan fingerprint density at radius 3 is 1.55 bits per heavy atom. The van der Waals surface area contributed by atoms with Crippen molar-refractivity contribution in [2.75, 3.05) is 26.4 Å². The van der Waals surface area contributed by atoms with Crippen molar-refractivity contribution in [3.63, 3.8) is 0 Å². The van der Waals surface area contributed by atoms with Crippen LogP contribution in [0.1, 0.15) is 65.2 Å². The van der Waals surface area contributed by atoms with Crippen LogP contribution in [-0.4, -0.2) is 60.9 Å². The molecule has 0 heterocycles. The highest BCUT2D eigenvalue weighted by atomic mass is 16.7. The fourth-order valence-corrected chi connectivity index (χ4v) is 2.58. The molecule has 0 bridgehead atoms. The van der Waals surface area contributed by atoms with Crippen LogP contribution < -0.4 is 0 Å². The molecule has 29 heavy (non-hydrogen) atoms. The minimum atomic E-state index is -1.61. The molecule has 0 saturated carbocycles. The van der Waals surface area contributed by atoms with Crippen molar-refractivity contribution in [3.05, 3.63) is 0 Å². The van der Waals surface area contributed by atoms with Crippen LogP contribution in [0.15, 0.2) is 0 Å². The standard InChI is InChI=1S/C19H32O10/c1-3-26-17(24)28-13-19(16(22)23,14-29-18(25)27-4-2)12-10-8-6-5-7-9-11-15(20)21/h3-14H2,1-2H3,(H,20,21)(H,22,23). The predicted molar refractivity (Wildman–Crippen MR) is 101 cm³/mol. The fraction of sp³-hybridized carbons (Fsp3) is 0.789. The Hall–Kier alpha value is -2.52. The van der Waals surface area contributed by atoms with Crippen LogP contribution in [0.4, 0.5) is 9.59 Å². The number of carbonyl (C=O) groups excluding carboxylic acids is 2. The molecule has 10 nitrogen and oxygen atoms in total. The summed E-state index contributed by atoms with van der Waals surface area (Å²) in [5.41, 5.74) is -1.61. The summed E-state index contributed by atoms with van der Waals surface area (Å²) < 4.78 is 19.1. The van der Waals surface area contributed by atoms with Crippen molar-refractivity contribution in [1.29, 1.82) is 0 Å². The number of carboxylic acids is 2. The molecule has 0 radical (unpaired) electrons. The lowest BCUT2D eigenvalue weighted by Crippen LogP contribution is -2.42. The summed E-state index contributed by atoms with van der Waals surface area (Å²) in [5, 5.41) is 18.3. The Bertz CT molecular complexity index is 495. The van der Waals surface area contributed by atoms with Gasteiger partial charge in [-0.25, -0.2) is 9.59 Å². The molecule has 0 saturated heterocycles. The maximum Gasteiger partial charge on any atom is 0.508 e. The SMILES string of the molecule is CCOC(=O)OCC(CCCCCCCCC(=O)O)(COC(=O)OCC)C(=O)O. The quantitative estimate of drug-likeness (QED) is 0.280. The monoisotopic (exact) mass is 420 g/mol. The van der Waals surface area contributed by atoms with Crippen LogP contribution in [0.5, 0.6) is 0 Å². The molecule has 0 fully saturated rings. The molecule has 168 valence electrons. The summed E-state index contributed by atoms with van der Waals surface area (Å²) in [6, 6.07) is 0. The number of rotatable bonds is 16. The van der Waals surface area contributed by atoms with Crippen molar-refractivity contribution < 1.29 is 48.3 Å². The average molecular weight is 420 g/mol. The summed E-state index contributed by atoms with van der Waals surface area (Å²) in [7, 11) is 0. The number of carbonyl (C=O) groups is 4. The van der Waals surface area contributed by atoms with Crippen LogP contribution in [-0.2, 0) is 28.5 Å². The van der Waals surface area contributed by atoms with Gasteiger partial charge in [0.05, 0.1) is 13.2 Å². The van der Waals surface area contributed by atoms with E-state index in [1.807, 2.05) is 0 Å². The molecule has 0 aromatic carbocycles. The van der Waals surface area contributed by atoms with Gasteiger partial charge in [-0.15, -0.1) is 0 Å². The van der Waals surface area contributed by atoms with E-state index in [2.05, 4.69) is 9.47 Å². The Kier molecular flexibility index (Phi) is 14.1. The summed E-state index contributed by atoms with van der Waals surface area (Å²) in [6.45, 7) is 2.34. The molecule has 10 heteroatoms. The zero-order valence-electron chi connectivity index (χ0n) is 17.1. The van der Waals surface area contributed by atoms with Gasteiger partial charge in [0.2, 0.25) is 0 Å². The summed E-state index contributed by atoms with van der Waals surface area (Å²) in [6.07, 6.45) is 2.53. The number of aliphatic carboxylic acids is 2. The normalized spacial score (nSPS) is 10.8. The molecular formula is C19H32O10. The first-order valence-electron chi connectivity index (χ1n) is 9.81. The number of unbranched alkanes of at least 4 members (excludes halogenated alkanes) is 5. The number of hydrogen-bond donors (Lipinski definition) is 2. The topological polar surface area (TPSA) is 146 Å². The van der Waals surface area contributed by atoms with Gasteiger partial charge in [-0.1, -0.05) is 32.1 Å². The summed E-state index contributed by atoms with van der Waals surface area (Å²) in [4.78, 5) is 45.3. The van der Waals surface area contributed by atoms with E-state index in [4.69, 9.17) is 14.6 Å². The van der Waals surface area contributed by atoms with Crippen molar-refractivity contribution in [2.45, 2.75) is 65.2 Å². The first-order chi connectivity index (χ1) is 13.8. The van der Waals surface area contributed by atoms with E-state index in [0.29, 0.717) is 19.3 Å². The third kappa shape index (κ3) is 12.5. The lowest BCUT2D eigenvalue weighted by molar-refractivity contribution is -0.156. The number of carboxylic acid groups (broad SMARTS) is 2. The number of ether oxygens (including phenoxy) is 4. The maximum atomic E-state index is 11.9. The van der Waals surface area contributed by atoms with Gasteiger partial charge in [0, 0.05) is 6.42 Å². The van der Waals surface area contributed by atoms with Gasteiger partial charge in [-0.05, 0) is 26.7 Å². The van der Waals surface area contributed by atoms with Gasteiger partial charge in [-0.2, -0.15) is 0 Å². The van der Waals surface area contributed by atoms with E-state index in [-0.39, 0.29) is 26.1 Å². The van der Waals surface area contributed by atoms with Crippen LogP contribution >= 0.6 is 0 Å². The zero-order valence-corrected chi connectivity index (χ0v) is 17.1. The van der Waals surface area contributed by atoms with E-state index < -0.39 is 42.9 Å². The smallest absolute Gasteiger partial charge is 0.481 e. The highest BCUT2D eigenvalue weighted by Gasteiger charge is 2.41. The second-order valence-corrected chi connectivity index (χ2v) is 6.54. The van der Waals surface area contributed by atoms with Gasteiger partial charge in [0.25, 0.3) is 0 Å². The Labute approximate surface area is 170 Å². The first kappa shape index (κ1) is 26.5. The third-order valence-corrected chi connectivity index (χ3v) is 4.21. The molecule has 0 aromatic rings. The van der Waals surface area contributed by atoms with Crippen LogP contribution in [0.3, 0.4) is 0 Å². The predicted octanol–water partition coefficient (Wildman–Crippen LogP) is 3.61. The Morgan fingerprint density at radius 2 is 1.14 bits per heavy atom. The van der Waals surface area contributed by atoms with Gasteiger partial charge in [0.1, 0.15) is 18.6 Å². The van der Waals surface area contributed by atoms with Crippen molar-refractivity contribution in [1.82, 2.24) is 0 Å². The fourth-order valence-electron chi connectivity index (χ4n) is 2.58. The lowest BCUT2D eigenvalue weighted by atomic mass is 9.84. The highest BCUT2D eigenvalue weighted by Crippen LogP contribution is 2.28. The molecule has 0 aliphatic heterocycles. The molecule has 2 N–H and O–H groups in total. The second kappa shape index (κ2) is 15.4. The van der Waals surface area contributed by atoms with Gasteiger partial charge < -0.3 is 29.2 Å². The zero-order chi connectivity index (χ0) is 22.1. The summed E-state index contributed by atoms with van der Waals surface area (Å²) in [5.74, 6) is -2.08. The van der Waals surface area contributed by atoms with Crippen molar-refractivity contribution in [3.8, 4) is 0 Å². The number of hydrogen-bond acceptors (Lipinski definition) is 8. The Balaban J connectivity index is 4.69. The molecule has 0 aliphatic rings. The molecule has 0 amide bonds. The lowest BCUT2D eigenvalue weighted by Gasteiger charge is -2.28. The van der Waals surface area contributed by atoms with Gasteiger partial charge >= 0.3 is 24.2 Å². The third-order valence-electron chi connectivity index (χ3n) is 4.21. The molecular weight excluding hydrogens is 388 g/mol. The van der Waals surface area contributed by atoms with Gasteiger partial charge in [-0.3, -0.25) is 9.59 Å². The van der Waals surface area contributed by atoms with Crippen LogP contribution in [0.25, 0.3) is 0 Å². The van der Waals surface area contributed by atoms with Crippen LogP contribution in [0, 0.1) is 5.41 Å². The van der Waals surface area contributed by atoms with E-state index in [0.717, 1.165) is 19.3 Å². The van der Waals surface area contributed by atoms with E-state index in [1.54, 1.807) is 13.8 Å². The Morgan fingerprint density at radius 1 is 0.690 bits per heavy atom. The molecule has 0 spiro atoms. The van der Waals surface area contributed by atoms with Crippen LogP contribution in [0.2, 0.25) is 0 Å². The second-order valence-electron chi connectivity index (χ2n) is 6.54. The maximum absolute atomic E-state index is 11.9. The molecule has 0 atom stereocenters. The molecule has 0 aliphatic carbocycles. The van der Waals surface area contributed by atoms with Crippen molar-refractivity contribution >= 4 is 24.2 Å². The largest absolute Gasteiger partial charge is 0.508 e. The highest BCUT2D eigenvalue weighted by molar-refractivity contribution is 5.76. The van der Waals surface area contributed by atoms with E-state index >= 15 is 0 Å². The minimum absolute atomic E-state index is 0.0834. The molecule has 0 aromatic heterocycles. The first-order valence-corrected chi connectivity index (χ1v) is 9.81. The van der Waals surface area contributed by atoms with E-state index in [1.165, 1.54) is 0 Å². The molecule has 0 unspecified atom stereocenters. The van der Waals surface area contributed by atoms with Crippen molar-refractivity contribution in [2.24, 2.45) is 5.41 Å². The minimum Gasteiger partial charge on any atom is -0.481 e. The average Bonchev–Trinajstić information content (AvgIpc) is 2.65. The van der Waals surface area contributed by atoms with E-state index in [9.17, 15) is 24.3 Å². The van der Waals surface area contributed by atoms with Gasteiger partial charge in [0.15, 0.2) is 0 Å².